The van der Waals surface area contributed by atoms with Gasteiger partial charge in [-0.3, -0.25) is 4.79 Å². The maximum Gasteiger partial charge on any atom is 0.246 e. The lowest BCUT2D eigenvalue weighted by Gasteiger charge is -2.55. The minimum atomic E-state index is -0.346. The fourth-order valence-corrected chi connectivity index (χ4v) is 5.66. The Labute approximate surface area is 143 Å². The molecule has 5 heteroatoms. The second-order valence-corrected chi connectivity index (χ2v) is 8.48. The van der Waals surface area contributed by atoms with Crippen molar-refractivity contribution in [3.05, 3.63) is 34.1 Å². The van der Waals surface area contributed by atoms with Crippen LogP contribution in [0, 0.1) is 29.0 Å². The molecule has 122 valence electrons. The Morgan fingerprint density at radius 1 is 1.22 bits per heavy atom. The van der Waals surface area contributed by atoms with E-state index in [2.05, 4.69) is 26.5 Å². The number of amides is 1. The van der Waals surface area contributed by atoms with Gasteiger partial charge in [-0.15, -0.1) is 0 Å². The third kappa shape index (κ3) is 2.84. The third-order valence-corrected chi connectivity index (χ3v) is 6.34. The molecule has 5 rings (SSSR count). The van der Waals surface area contributed by atoms with Crippen LogP contribution in [0.15, 0.2) is 27.8 Å². The highest BCUT2D eigenvalue weighted by molar-refractivity contribution is 9.10. The lowest BCUT2D eigenvalue weighted by molar-refractivity contribution is -0.146. The Morgan fingerprint density at radius 2 is 1.83 bits per heavy atom. The minimum Gasteiger partial charge on any atom is -0.273 e. The summed E-state index contributed by atoms with van der Waals surface area (Å²) in [6, 6.07) is 4.67. The van der Waals surface area contributed by atoms with Gasteiger partial charge >= 0.3 is 0 Å². The number of nitrogens with zero attached hydrogens (tertiary/aromatic N) is 1. The predicted octanol–water partition coefficient (Wildman–Crippen LogP) is 4.25. The molecule has 0 heterocycles. The standard InChI is InChI=1S/C18H20BrFN2O/c19-15-1-2-16(20)14(6-15)10-21-22-17(23)18-7-11-3-12(8-18)5-13(4-11)9-18/h1-2,6,10-13H,3-5,7-9H2,(H,22,23). The van der Waals surface area contributed by atoms with Gasteiger partial charge in [0.25, 0.3) is 0 Å². The van der Waals surface area contributed by atoms with Crippen LogP contribution < -0.4 is 5.43 Å². The van der Waals surface area contributed by atoms with Gasteiger partial charge in [-0.2, -0.15) is 5.10 Å². The van der Waals surface area contributed by atoms with Crippen molar-refractivity contribution < 1.29 is 9.18 Å². The Bertz CT molecular complexity index is 638. The molecule has 4 bridgehead atoms. The topological polar surface area (TPSA) is 41.5 Å². The van der Waals surface area contributed by atoms with E-state index in [1.54, 1.807) is 12.1 Å². The van der Waals surface area contributed by atoms with Crippen LogP contribution in [0.25, 0.3) is 0 Å². The molecule has 4 fully saturated rings. The van der Waals surface area contributed by atoms with Gasteiger partial charge in [-0.05, 0) is 74.5 Å². The van der Waals surface area contributed by atoms with E-state index in [0.29, 0.717) is 5.56 Å². The summed E-state index contributed by atoms with van der Waals surface area (Å²) in [5, 5.41) is 4.02. The number of hydrogen-bond donors (Lipinski definition) is 1. The van der Waals surface area contributed by atoms with E-state index >= 15 is 0 Å². The molecule has 1 aromatic rings. The van der Waals surface area contributed by atoms with Crippen LogP contribution in [0.5, 0.6) is 0 Å². The highest BCUT2D eigenvalue weighted by atomic mass is 79.9. The summed E-state index contributed by atoms with van der Waals surface area (Å²) in [6.07, 6.45) is 8.32. The molecule has 1 N–H and O–H groups in total. The predicted molar refractivity (Wildman–Crippen MR) is 90.4 cm³/mol. The Kier molecular flexibility index (Phi) is 3.79. The molecule has 0 saturated heterocycles. The Balaban J connectivity index is 1.46. The molecule has 1 amide bonds. The summed E-state index contributed by atoms with van der Waals surface area (Å²) >= 11 is 3.31. The number of halogens is 2. The lowest BCUT2D eigenvalue weighted by Crippen LogP contribution is -2.52. The molecule has 4 aliphatic rings. The molecular formula is C18H20BrFN2O. The van der Waals surface area contributed by atoms with Crippen molar-refractivity contribution >= 4 is 28.1 Å². The Hall–Kier alpha value is -1.23. The van der Waals surface area contributed by atoms with Crippen LogP contribution in [0.3, 0.4) is 0 Å². The van der Waals surface area contributed by atoms with Crippen LogP contribution in [0.2, 0.25) is 0 Å². The summed E-state index contributed by atoms with van der Waals surface area (Å²) in [5.41, 5.74) is 2.83. The zero-order chi connectivity index (χ0) is 16.0. The molecule has 0 unspecified atom stereocenters. The van der Waals surface area contributed by atoms with E-state index < -0.39 is 0 Å². The van der Waals surface area contributed by atoms with Crippen LogP contribution in [-0.4, -0.2) is 12.1 Å². The van der Waals surface area contributed by atoms with Crippen LogP contribution in [0.4, 0.5) is 4.39 Å². The van der Waals surface area contributed by atoms with Crippen molar-refractivity contribution in [2.45, 2.75) is 38.5 Å². The first-order chi connectivity index (χ1) is 11.0. The first kappa shape index (κ1) is 15.3. The fraction of sp³-hybridized carbons (Fsp3) is 0.556. The minimum absolute atomic E-state index is 0.0308. The highest BCUT2D eigenvalue weighted by Gasteiger charge is 2.54. The van der Waals surface area contributed by atoms with Crippen molar-refractivity contribution in [2.24, 2.45) is 28.3 Å². The average Bonchev–Trinajstić information content (AvgIpc) is 2.49. The molecular weight excluding hydrogens is 359 g/mol. The average molecular weight is 379 g/mol. The lowest BCUT2D eigenvalue weighted by atomic mass is 9.49. The molecule has 0 aliphatic heterocycles. The smallest absolute Gasteiger partial charge is 0.246 e. The third-order valence-electron chi connectivity index (χ3n) is 5.85. The number of carbonyl (C=O) groups excluding carboxylic acids is 1. The van der Waals surface area contributed by atoms with Crippen LogP contribution >= 0.6 is 15.9 Å². The number of rotatable bonds is 3. The summed E-state index contributed by atoms with van der Waals surface area (Å²) in [5.74, 6) is 1.85. The SMILES string of the molecule is O=C(NN=Cc1cc(Br)ccc1F)C12CC3CC(CC(C3)C1)C2. The molecule has 0 atom stereocenters. The molecule has 4 aliphatic carbocycles. The maximum atomic E-state index is 13.7. The van der Waals surface area contributed by atoms with E-state index in [1.807, 2.05) is 0 Å². The molecule has 0 spiro atoms. The van der Waals surface area contributed by atoms with Gasteiger partial charge < -0.3 is 0 Å². The summed E-state index contributed by atoms with van der Waals surface area (Å²) < 4.78 is 14.5. The highest BCUT2D eigenvalue weighted by Crippen LogP contribution is 2.60. The number of nitrogens with one attached hydrogen (secondary N) is 1. The zero-order valence-electron chi connectivity index (χ0n) is 12.9. The van der Waals surface area contributed by atoms with E-state index in [9.17, 15) is 9.18 Å². The van der Waals surface area contributed by atoms with Crippen LogP contribution in [0.1, 0.15) is 44.1 Å². The summed E-state index contributed by atoms with van der Waals surface area (Å²) in [7, 11) is 0. The fourth-order valence-electron chi connectivity index (χ4n) is 5.28. The zero-order valence-corrected chi connectivity index (χ0v) is 14.5. The first-order valence-electron chi connectivity index (χ1n) is 8.33. The van der Waals surface area contributed by atoms with E-state index in [-0.39, 0.29) is 17.1 Å². The van der Waals surface area contributed by atoms with Gasteiger partial charge in [0.1, 0.15) is 5.82 Å². The van der Waals surface area contributed by atoms with E-state index in [1.165, 1.54) is 31.5 Å². The largest absolute Gasteiger partial charge is 0.273 e. The molecule has 23 heavy (non-hydrogen) atoms. The van der Waals surface area contributed by atoms with Crippen molar-refractivity contribution in [1.29, 1.82) is 0 Å². The molecule has 1 aromatic carbocycles. The van der Waals surface area contributed by atoms with Gasteiger partial charge in [-0.1, -0.05) is 15.9 Å². The van der Waals surface area contributed by atoms with Crippen molar-refractivity contribution in [1.82, 2.24) is 5.43 Å². The molecule has 0 radical (unpaired) electrons. The van der Waals surface area contributed by atoms with Gasteiger partial charge in [0, 0.05) is 10.0 Å². The number of carbonyl (C=O) groups is 1. The van der Waals surface area contributed by atoms with E-state index in [0.717, 1.165) is 41.5 Å². The van der Waals surface area contributed by atoms with Gasteiger partial charge in [-0.25, -0.2) is 9.82 Å². The van der Waals surface area contributed by atoms with Gasteiger partial charge in [0.15, 0.2) is 0 Å². The quantitative estimate of drug-likeness (QED) is 0.619. The summed E-state index contributed by atoms with van der Waals surface area (Å²) in [4.78, 5) is 12.7. The second-order valence-electron chi connectivity index (χ2n) is 7.56. The van der Waals surface area contributed by atoms with Crippen molar-refractivity contribution in [2.75, 3.05) is 0 Å². The molecule has 3 nitrogen and oxygen atoms in total. The second kappa shape index (κ2) is 5.69. The number of benzene rings is 1. The summed E-state index contributed by atoms with van der Waals surface area (Å²) in [6.45, 7) is 0. The maximum absolute atomic E-state index is 13.7. The first-order valence-corrected chi connectivity index (χ1v) is 9.12. The molecule has 0 aromatic heterocycles. The number of hydrazone groups is 1. The van der Waals surface area contributed by atoms with Gasteiger partial charge in [0.05, 0.1) is 11.6 Å². The van der Waals surface area contributed by atoms with Gasteiger partial charge in [0.2, 0.25) is 5.91 Å². The van der Waals surface area contributed by atoms with E-state index in [4.69, 9.17) is 0 Å². The van der Waals surface area contributed by atoms with Crippen LogP contribution in [-0.2, 0) is 4.79 Å². The Morgan fingerprint density at radius 3 is 2.43 bits per heavy atom. The molecule has 4 saturated carbocycles. The monoisotopic (exact) mass is 378 g/mol. The van der Waals surface area contributed by atoms with Crippen molar-refractivity contribution in [3.8, 4) is 0 Å². The van der Waals surface area contributed by atoms with Crippen molar-refractivity contribution in [3.63, 3.8) is 0 Å². The number of hydrogen-bond acceptors (Lipinski definition) is 2. The normalized spacial score (nSPS) is 35.0.